The molecule has 0 aliphatic rings. The second-order valence-electron chi connectivity index (χ2n) is 3.93. The van der Waals surface area contributed by atoms with Crippen molar-refractivity contribution in [2.45, 2.75) is 6.42 Å². The molecule has 18 heavy (non-hydrogen) atoms. The Balaban J connectivity index is 2.07. The first-order valence-corrected chi connectivity index (χ1v) is 5.54. The smallest absolute Gasteiger partial charge is 0.231 e. The van der Waals surface area contributed by atoms with Crippen LogP contribution in [-0.2, 0) is 11.2 Å². The van der Waals surface area contributed by atoms with Gasteiger partial charge in [-0.1, -0.05) is 0 Å². The summed E-state index contributed by atoms with van der Waals surface area (Å²) in [5.74, 6) is 0.432. The van der Waals surface area contributed by atoms with Crippen molar-refractivity contribution in [2.75, 3.05) is 17.7 Å². The fraction of sp³-hybridized carbons (Fsp3) is 0.154. The molecule has 0 saturated carbocycles. The molecule has 0 spiro atoms. The van der Waals surface area contributed by atoms with Gasteiger partial charge in [-0.25, -0.2) is 4.98 Å². The van der Waals surface area contributed by atoms with Gasteiger partial charge in [-0.2, -0.15) is 0 Å². The van der Waals surface area contributed by atoms with Crippen molar-refractivity contribution >= 4 is 17.4 Å². The monoisotopic (exact) mass is 242 g/mol. The highest BCUT2D eigenvalue weighted by molar-refractivity contribution is 5.94. The van der Waals surface area contributed by atoms with E-state index in [-0.39, 0.29) is 5.91 Å². The molecule has 92 valence electrons. The van der Waals surface area contributed by atoms with E-state index < -0.39 is 0 Å². The van der Waals surface area contributed by atoms with Crippen molar-refractivity contribution in [2.24, 2.45) is 0 Å². The van der Waals surface area contributed by atoms with Gasteiger partial charge in [0.25, 0.3) is 0 Å². The lowest BCUT2D eigenvalue weighted by Gasteiger charge is -2.16. The average molecular weight is 242 g/mol. The van der Waals surface area contributed by atoms with E-state index in [0.29, 0.717) is 12.2 Å². The maximum atomic E-state index is 12.0. The van der Waals surface area contributed by atoms with Gasteiger partial charge in [-0.15, -0.1) is 0 Å². The number of nitrogens with two attached hydrogens (primary N) is 1. The lowest BCUT2D eigenvalue weighted by molar-refractivity contribution is -0.117. The summed E-state index contributed by atoms with van der Waals surface area (Å²) in [6.45, 7) is 0. The minimum absolute atomic E-state index is 0.00669. The first-order chi connectivity index (χ1) is 8.66. The van der Waals surface area contributed by atoms with Crippen LogP contribution in [0.15, 0.2) is 42.9 Å². The molecule has 0 saturated heterocycles. The lowest BCUT2D eigenvalue weighted by atomic mass is 10.2. The fourth-order valence-corrected chi connectivity index (χ4v) is 1.53. The van der Waals surface area contributed by atoms with Crippen molar-refractivity contribution in [3.63, 3.8) is 0 Å². The van der Waals surface area contributed by atoms with E-state index in [2.05, 4.69) is 9.97 Å². The number of aromatic nitrogens is 2. The summed E-state index contributed by atoms with van der Waals surface area (Å²) in [6.07, 6.45) is 5.27. The van der Waals surface area contributed by atoms with Crippen LogP contribution in [0.5, 0.6) is 0 Å². The van der Waals surface area contributed by atoms with Gasteiger partial charge in [-0.05, 0) is 29.8 Å². The Morgan fingerprint density at radius 2 is 2.00 bits per heavy atom. The van der Waals surface area contributed by atoms with E-state index in [4.69, 9.17) is 5.73 Å². The summed E-state index contributed by atoms with van der Waals surface area (Å²) < 4.78 is 0. The highest BCUT2D eigenvalue weighted by Crippen LogP contribution is 2.13. The van der Waals surface area contributed by atoms with Gasteiger partial charge in [0, 0.05) is 19.4 Å². The molecule has 0 atom stereocenters. The summed E-state index contributed by atoms with van der Waals surface area (Å²) in [6, 6.07) is 7.10. The number of hydrogen-bond acceptors (Lipinski definition) is 4. The van der Waals surface area contributed by atoms with Gasteiger partial charge in [0.2, 0.25) is 5.91 Å². The molecule has 2 rings (SSSR count). The second kappa shape index (κ2) is 5.27. The van der Waals surface area contributed by atoms with Gasteiger partial charge >= 0.3 is 0 Å². The van der Waals surface area contributed by atoms with E-state index in [1.54, 1.807) is 42.7 Å². The summed E-state index contributed by atoms with van der Waals surface area (Å²) >= 11 is 0. The van der Waals surface area contributed by atoms with E-state index in [1.165, 1.54) is 0 Å². The zero-order valence-electron chi connectivity index (χ0n) is 10.1. The van der Waals surface area contributed by atoms with Crippen LogP contribution in [0, 0.1) is 0 Å². The van der Waals surface area contributed by atoms with Crippen molar-refractivity contribution in [3.05, 3.63) is 48.4 Å². The molecule has 0 aliphatic carbocycles. The molecule has 2 aromatic heterocycles. The van der Waals surface area contributed by atoms with Gasteiger partial charge < -0.3 is 10.6 Å². The molecule has 1 amide bonds. The fourth-order valence-electron chi connectivity index (χ4n) is 1.53. The predicted molar refractivity (Wildman–Crippen MR) is 70.0 cm³/mol. The van der Waals surface area contributed by atoms with Crippen LogP contribution >= 0.6 is 0 Å². The summed E-state index contributed by atoms with van der Waals surface area (Å²) in [4.78, 5) is 21.5. The highest BCUT2D eigenvalue weighted by atomic mass is 16.2. The number of carbonyl (C=O) groups excluding carboxylic acids is 1. The maximum absolute atomic E-state index is 12.0. The third-order valence-electron chi connectivity index (χ3n) is 2.64. The van der Waals surface area contributed by atoms with Crippen molar-refractivity contribution < 1.29 is 4.79 Å². The standard InChI is InChI=1S/C13H14N4O/c1-17(11-2-3-12(14)16-9-11)13(18)8-10-4-6-15-7-5-10/h2-7,9H,8H2,1H3,(H2,14,16). The molecule has 5 heteroatoms. The topological polar surface area (TPSA) is 72.1 Å². The molecule has 0 unspecified atom stereocenters. The minimum atomic E-state index is -0.00669. The zero-order chi connectivity index (χ0) is 13.0. The number of rotatable bonds is 3. The number of carbonyl (C=O) groups is 1. The van der Waals surface area contributed by atoms with Crippen molar-refractivity contribution in [1.82, 2.24) is 9.97 Å². The number of amides is 1. The molecule has 5 nitrogen and oxygen atoms in total. The SMILES string of the molecule is CN(C(=O)Cc1ccncc1)c1ccc(N)nc1. The van der Waals surface area contributed by atoms with Crippen LogP contribution in [0.3, 0.4) is 0 Å². The largest absolute Gasteiger partial charge is 0.384 e. The van der Waals surface area contributed by atoms with E-state index in [0.717, 1.165) is 11.3 Å². The Morgan fingerprint density at radius 3 is 2.61 bits per heavy atom. The van der Waals surface area contributed by atoms with Crippen molar-refractivity contribution in [3.8, 4) is 0 Å². The first-order valence-electron chi connectivity index (χ1n) is 5.54. The molecule has 0 aromatic carbocycles. The maximum Gasteiger partial charge on any atom is 0.231 e. The van der Waals surface area contributed by atoms with Gasteiger partial charge in [0.1, 0.15) is 5.82 Å². The van der Waals surface area contributed by atoms with E-state index in [1.807, 2.05) is 12.1 Å². The van der Waals surface area contributed by atoms with Crippen LogP contribution < -0.4 is 10.6 Å². The number of nitrogen functional groups attached to an aromatic ring is 1. The molecule has 2 N–H and O–H groups in total. The molecule has 0 fully saturated rings. The van der Waals surface area contributed by atoms with Gasteiger partial charge in [-0.3, -0.25) is 9.78 Å². The molecule has 0 aliphatic heterocycles. The first kappa shape index (κ1) is 12.0. The Labute approximate surface area is 105 Å². The number of anilines is 2. The van der Waals surface area contributed by atoms with Crippen LogP contribution in [0.4, 0.5) is 11.5 Å². The third-order valence-corrected chi connectivity index (χ3v) is 2.64. The molecule has 2 aromatic rings. The number of likely N-dealkylation sites (N-methyl/N-ethyl adjacent to an activating group) is 1. The number of nitrogens with zero attached hydrogens (tertiary/aromatic N) is 3. The summed E-state index contributed by atoms with van der Waals surface area (Å²) in [7, 11) is 1.72. The molecular formula is C13H14N4O. The number of hydrogen-bond donors (Lipinski definition) is 1. The summed E-state index contributed by atoms with van der Waals surface area (Å²) in [5, 5.41) is 0. The normalized spacial score (nSPS) is 10.1. The highest BCUT2D eigenvalue weighted by Gasteiger charge is 2.11. The molecule has 0 radical (unpaired) electrons. The van der Waals surface area contributed by atoms with Crippen LogP contribution in [0.1, 0.15) is 5.56 Å². The second-order valence-corrected chi connectivity index (χ2v) is 3.93. The van der Waals surface area contributed by atoms with Gasteiger partial charge in [0.15, 0.2) is 0 Å². The Kier molecular flexibility index (Phi) is 3.52. The Hall–Kier alpha value is -2.43. The number of pyridine rings is 2. The Bertz CT molecular complexity index is 524. The Morgan fingerprint density at radius 1 is 1.28 bits per heavy atom. The molecule has 0 bridgehead atoms. The lowest BCUT2D eigenvalue weighted by Crippen LogP contribution is -2.27. The quantitative estimate of drug-likeness (QED) is 0.879. The van der Waals surface area contributed by atoms with Crippen molar-refractivity contribution in [1.29, 1.82) is 0 Å². The third kappa shape index (κ3) is 2.82. The van der Waals surface area contributed by atoms with Crippen LogP contribution in [-0.4, -0.2) is 22.9 Å². The van der Waals surface area contributed by atoms with E-state index >= 15 is 0 Å². The zero-order valence-corrected chi connectivity index (χ0v) is 10.1. The average Bonchev–Trinajstić information content (AvgIpc) is 2.40. The minimum Gasteiger partial charge on any atom is -0.384 e. The summed E-state index contributed by atoms with van der Waals surface area (Å²) in [5.41, 5.74) is 7.17. The predicted octanol–water partition coefficient (Wildman–Crippen LogP) is 1.26. The van der Waals surface area contributed by atoms with Crippen LogP contribution in [0.25, 0.3) is 0 Å². The molecule has 2 heterocycles. The van der Waals surface area contributed by atoms with Gasteiger partial charge in [0.05, 0.1) is 18.3 Å². The van der Waals surface area contributed by atoms with E-state index in [9.17, 15) is 4.79 Å². The van der Waals surface area contributed by atoms with Crippen LogP contribution in [0.2, 0.25) is 0 Å². The molecular weight excluding hydrogens is 228 g/mol.